The molecule has 0 spiro atoms. The molecule has 0 aliphatic carbocycles. The summed E-state index contributed by atoms with van der Waals surface area (Å²) < 4.78 is 0. The van der Waals surface area contributed by atoms with E-state index in [9.17, 15) is 10.2 Å². The molecule has 0 saturated carbocycles. The first kappa shape index (κ1) is 59.6. The molecule has 5 heteroatoms. The number of benzene rings is 3. The van der Waals surface area contributed by atoms with Crippen LogP contribution in [0.2, 0.25) is 0 Å². The molecule has 0 saturated heterocycles. The molecule has 0 aliphatic rings. The van der Waals surface area contributed by atoms with E-state index in [1.54, 1.807) is 6.07 Å². The minimum Gasteiger partial charge on any atom is -0.873 e. The van der Waals surface area contributed by atoms with Gasteiger partial charge >= 0.3 is 16.5 Å². The fourth-order valence-corrected chi connectivity index (χ4v) is 7.98. The van der Waals surface area contributed by atoms with E-state index in [2.05, 4.69) is 101 Å². The Morgan fingerprint density at radius 2 is 0.877 bits per heavy atom. The van der Waals surface area contributed by atoms with Gasteiger partial charge in [0.2, 0.25) is 0 Å². The van der Waals surface area contributed by atoms with Crippen LogP contribution < -0.4 is 10.2 Å². The van der Waals surface area contributed by atoms with E-state index in [-0.39, 0.29) is 22.2 Å². The third-order valence-corrected chi connectivity index (χ3v) is 12.1. The van der Waals surface area contributed by atoms with Crippen molar-refractivity contribution in [2.24, 2.45) is 9.98 Å². The van der Waals surface area contributed by atoms with Gasteiger partial charge < -0.3 is 10.2 Å². The number of rotatable bonds is 37. The fraction of sp³-hybridized carbons (Fsp3) is 0.600. The molecule has 3 aromatic carbocycles. The molecule has 0 heterocycles. The molecule has 0 amide bonds. The molecule has 0 fully saturated rings. The van der Waals surface area contributed by atoms with Crippen LogP contribution in [0, 0.1) is 0 Å². The van der Waals surface area contributed by atoms with Crippen LogP contribution in [0.3, 0.4) is 0 Å². The monoisotopic (exact) mass is 931 g/mol. The molecular formula is C60H92N2NiO2. The van der Waals surface area contributed by atoms with Crippen molar-refractivity contribution in [1.29, 1.82) is 0 Å². The molecule has 0 aromatic heterocycles. The number of allylic oxidation sites excluding steroid dienone is 2. The predicted octanol–water partition coefficient (Wildman–Crippen LogP) is 18.7. The van der Waals surface area contributed by atoms with Crippen molar-refractivity contribution in [3.05, 3.63) is 95.6 Å². The van der Waals surface area contributed by atoms with Crippen molar-refractivity contribution < 1.29 is 26.7 Å². The Balaban J connectivity index is 0.00000140. The van der Waals surface area contributed by atoms with Crippen LogP contribution in [-0.2, 0) is 22.9 Å². The molecule has 0 aliphatic heterocycles. The molecule has 0 N–H and O–H groups in total. The summed E-state index contributed by atoms with van der Waals surface area (Å²) in [5.41, 5.74) is 6.54. The van der Waals surface area contributed by atoms with Crippen LogP contribution in [0.5, 0.6) is 11.5 Å². The van der Waals surface area contributed by atoms with E-state index in [1.165, 1.54) is 184 Å². The largest absolute Gasteiger partial charge is 2.00 e. The summed E-state index contributed by atoms with van der Waals surface area (Å²) in [5, 5.41) is 21.6. The van der Waals surface area contributed by atoms with E-state index in [0.29, 0.717) is 0 Å². The number of nitrogens with zero attached hydrogens (tertiary/aromatic N) is 2. The minimum atomic E-state index is -0.407. The van der Waals surface area contributed by atoms with Crippen LogP contribution >= 0.6 is 0 Å². The molecule has 0 radical (unpaired) electrons. The van der Waals surface area contributed by atoms with Gasteiger partial charge in [0.05, 0.1) is 17.1 Å². The van der Waals surface area contributed by atoms with Gasteiger partial charge in [0.15, 0.2) is 0 Å². The van der Waals surface area contributed by atoms with E-state index in [4.69, 9.17) is 9.98 Å². The minimum absolute atomic E-state index is 0. The molecule has 0 bridgehead atoms. The van der Waals surface area contributed by atoms with Crippen LogP contribution in [0.15, 0.2) is 88.9 Å². The van der Waals surface area contributed by atoms with E-state index in [0.717, 1.165) is 67.6 Å². The average Bonchev–Trinajstić information content (AvgIpc) is 3.31. The summed E-state index contributed by atoms with van der Waals surface area (Å²) in [5.74, 6) is -0.793. The first-order valence-corrected chi connectivity index (χ1v) is 26.6. The van der Waals surface area contributed by atoms with Gasteiger partial charge in [-0.25, -0.2) is 0 Å². The second-order valence-corrected chi connectivity index (χ2v) is 18.2. The molecule has 65 heavy (non-hydrogen) atoms. The predicted molar refractivity (Wildman–Crippen MR) is 281 cm³/mol. The van der Waals surface area contributed by atoms with E-state index < -0.39 is 5.75 Å². The second kappa shape index (κ2) is 43.2. The molecule has 0 atom stereocenters. The summed E-state index contributed by atoms with van der Waals surface area (Å²) in [7, 11) is 0. The molecule has 4 nitrogen and oxygen atoms in total. The number of unbranched alkanes of at least 4 members (excludes halogenated alkanes) is 26. The number of aryl methyl sites for hydroxylation is 1. The first-order valence-electron chi connectivity index (χ1n) is 26.6. The Morgan fingerprint density at radius 1 is 0.446 bits per heavy atom. The molecule has 3 rings (SSSR count). The van der Waals surface area contributed by atoms with E-state index in [1.807, 2.05) is 6.21 Å². The smallest absolute Gasteiger partial charge is 0.873 e. The quantitative estimate of drug-likeness (QED) is 0.0328. The standard InChI is InChI=1S/C50H80N2.C10H14O2.Ni/c1-4-7-10-13-16-18-20-22-24-26-28-31-36-46-38-34-41-48(43-46)51-45-50(40-33-30-15-12-9-6-3)52-49-42-35-39-47(44-49)37-32-29-27-25-23-21-19-17-14-11-8-5-2;1-2-3-4-8-5-6-9(11)10(12)7-8;/h31-32,34-39,41-45H,4-30,33,40H2,1-3H3;5-7,11-12H,2-4H2,1H3;/q;;+2/p-2. The molecule has 364 valence electrons. The van der Waals surface area contributed by atoms with Crippen molar-refractivity contribution >= 4 is 35.5 Å². The number of aliphatic imine (C=N–C) groups is 2. The maximum atomic E-state index is 10.9. The van der Waals surface area contributed by atoms with Crippen molar-refractivity contribution in [2.75, 3.05) is 0 Å². The number of hydrogen-bond donors (Lipinski definition) is 0. The van der Waals surface area contributed by atoms with Crippen LogP contribution in [0.1, 0.15) is 243 Å². The summed E-state index contributed by atoms with van der Waals surface area (Å²) in [4.78, 5) is 10.1. The van der Waals surface area contributed by atoms with Gasteiger partial charge in [-0.15, -0.1) is 11.5 Å². The molecule has 3 aromatic rings. The number of hydrogen-bond acceptors (Lipinski definition) is 4. The SMILES string of the molecule is CCCCCCCCCCCCC=Cc1cccc(N=CC(CCCCCCCC)=Nc2cccc(C=CCCCCCCCCCCCC)c2)c1.CCCCc1ccc([O-])c([O-])c1.[Ni+2]. The van der Waals surface area contributed by atoms with Gasteiger partial charge in [-0.1, -0.05) is 249 Å². The maximum Gasteiger partial charge on any atom is 2.00 e. The fourth-order valence-electron chi connectivity index (χ4n) is 7.98. The normalized spacial score (nSPS) is 11.7. The third kappa shape index (κ3) is 33.7. The van der Waals surface area contributed by atoms with Crippen LogP contribution in [0.4, 0.5) is 11.4 Å². The summed E-state index contributed by atoms with van der Waals surface area (Å²) in [6, 6.07) is 21.9. The van der Waals surface area contributed by atoms with Gasteiger partial charge in [0.1, 0.15) is 0 Å². The van der Waals surface area contributed by atoms with Crippen molar-refractivity contribution in [1.82, 2.24) is 0 Å². The topological polar surface area (TPSA) is 70.8 Å². The Bertz CT molecular complexity index is 1680. The Hall–Kier alpha value is -3.43. The molecular weight excluding hydrogens is 839 g/mol. The Morgan fingerprint density at radius 3 is 1.35 bits per heavy atom. The average molecular weight is 932 g/mol. The van der Waals surface area contributed by atoms with Gasteiger partial charge in [0, 0.05) is 6.21 Å². The van der Waals surface area contributed by atoms with Gasteiger partial charge in [-0.05, 0) is 92.3 Å². The third-order valence-electron chi connectivity index (χ3n) is 12.1. The zero-order chi connectivity index (χ0) is 46.0. The van der Waals surface area contributed by atoms with Crippen molar-refractivity contribution in [2.45, 2.75) is 233 Å². The zero-order valence-electron chi connectivity index (χ0n) is 41.9. The van der Waals surface area contributed by atoms with Crippen molar-refractivity contribution in [3.63, 3.8) is 0 Å². The summed E-state index contributed by atoms with van der Waals surface area (Å²) in [6.07, 6.45) is 53.1. The van der Waals surface area contributed by atoms with Crippen LogP contribution in [-0.4, -0.2) is 11.9 Å². The van der Waals surface area contributed by atoms with Crippen molar-refractivity contribution in [3.8, 4) is 11.5 Å². The second-order valence-electron chi connectivity index (χ2n) is 18.2. The van der Waals surface area contributed by atoms with Gasteiger partial charge in [-0.2, -0.15) is 0 Å². The first-order chi connectivity index (χ1) is 31.5. The van der Waals surface area contributed by atoms with Crippen LogP contribution in [0.25, 0.3) is 12.2 Å². The summed E-state index contributed by atoms with van der Waals surface area (Å²) in [6.45, 7) is 8.97. The maximum absolute atomic E-state index is 10.9. The Kier molecular flexibility index (Phi) is 39.6. The van der Waals surface area contributed by atoms with Gasteiger partial charge in [0.25, 0.3) is 0 Å². The van der Waals surface area contributed by atoms with E-state index >= 15 is 0 Å². The molecule has 0 unspecified atom stereocenters. The Labute approximate surface area is 410 Å². The zero-order valence-corrected chi connectivity index (χ0v) is 42.9. The van der Waals surface area contributed by atoms with Gasteiger partial charge in [-0.3, -0.25) is 9.98 Å². The summed E-state index contributed by atoms with van der Waals surface area (Å²) >= 11 is 0.